The second kappa shape index (κ2) is 4.68. The molecule has 0 spiro atoms. The highest BCUT2D eigenvalue weighted by atomic mass is 16.3. The van der Waals surface area contributed by atoms with E-state index in [2.05, 4.69) is 59.6 Å². The van der Waals surface area contributed by atoms with Gasteiger partial charge < -0.3 is 4.42 Å². The summed E-state index contributed by atoms with van der Waals surface area (Å²) < 4.78 is 5.96. The lowest BCUT2D eigenvalue weighted by Crippen LogP contribution is -1.82. The maximum absolute atomic E-state index is 5.96. The van der Waals surface area contributed by atoms with Crippen molar-refractivity contribution in [2.75, 3.05) is 0 Å². The van der Waals surface area contributed by atoms with Crippen LogP contribution >= 0.6 is 0 Å². The van der Waals surface area contributed by atoms with Crippen molar-refractivity contribution in [3.05, 3.63) is 78.9 Å². The first-order chi connectivity index (χ1) is 11.4. The predicted octanol–water partition coefficient (Wildman–Crippen LogP) is 5.80. The van der Waals surface area contributed by atoms with Crippen LogP contribution in [0.3, 0.4) is 0 Å². The first kappa shape index (κ1) is 12.4. The number of rotatable bonds is 1. The Morgan fingerprint density at radius 2 is 1.39 bits per heavy atom. The van der Waals surface area contributed by atoms with E-state index in [1.807, 2.05) is 24.3 Å². The van der Waals surface area contributed by atoms with E-state index in [1.54, 1.807) is 0 Å². The van der Waals surface area contributed by atoms with Crippen molar-refractivity contribution in [2.24, 2.45) is 0 Å². The highest BCUT2D eigenvalue weighted by Crippen LogP contribution is 2.32. The number of hydrogen-bond acceptors (Lipinski definition) is 2. The lowest BCUT2D eigenvalue weighted by Gasteiger charge is -2.05. The van der Waals surface area contributed by atoms with Crippen LogP contribution in [-0.4, -0.2) is 4.98 Å². The zero-order valence-electron chi connectivity index (χ0n) is 12.4. The maximum Gasteiger partial charge on any atom is 0.227 e. The van der Waals surface area contributed by atoms with Gasteiger partial charge in [-0.1, -0.05) is 48.5 Å². The average Bonchev–Trinajstić information content (AvgIpc) is 3.03. The molecule has 0 radical (unpaired) electrons. The van der Waals surface area contributed by atoms with Gasteiger partial charge in [-0.05, 0) is 51.9 Å². The van der Waals surface area contributed by atoms with Crippen molar-refractivity contribution < 1.29 is 4.42 Å². The molecule has 0 N–H and O–H groups in total. The molecule has 0 amide bonds. The second-order valence-corrected chi connectivity index (χ2v) is 5.71. The quantitative estimate of drug-likeness (QED) is 0.365. The average molecular weight is 295 g/mol. The Morgan fingerprint density at radius 1 is 0.652 bits per heavy atom. The molecule has 4 aromatic carbocycles. The highest BCUT2D eigenvalue weighted by Gasteiger charge is 2.11. The third kappa shape index (κ3) is 1.92. The minimum Gasteiger partial charge on any atom is -0.436 e. The molecule has 0 atom stereocenters. The molecule has 2 nitrogen and oxygen atoms in total. The number of para-hydroxylation sites is 2. The van der Waals surface area contributed by atoms with Crippen molar-refractivity contribution in [2.45, 2.75) is 0 Å². The number of aromatic nitrogens is 1. The fourth-order valence-corrected chi connectivity index (χ4v) is 3.14. The Bertz CT molecular complexity index is 1140. The van der Waals surface area contributed by atoms with Crippen molar-refractivity contribution in [1.29, 1.82) is 0 Å². The summed E-state index contributed by atoms with van der Waals surface area (Å²) in [5, 5.41) is 4.83. The topological polar surface area (TPSA) is 26.0 Å². The number of hydrogen-bond donors (Lipinski definition) is 0. The van der Waals surface area contributed by atoms with Crippen molar-refractivity contribution in [3.8, 4) is 11.5 Å². The molecule has 2 heteroatoms. The minimum absolute atomic E-state index is 0.673. The van der Waals surface area contributed by atoms with Gasteiger partial charge in [0.25, 0.3) is 0 Å². The largest absolute Gasteiger partial charge is 0.436 e. The van der Waals surface area contributed by atoms with Crippen molar-refractivity contribution in [3.63, 3.8) is 0 Å². The van der Waals surface area contributed by atoms with Gasteiger partial charge in [0.1, 0.15) is 5.52 Å². The predicted molar refractivity (Wildman–Crippen MR) is 94.5 cm³/mol. The third-order valence-electron chi connectivity index (χ3n) is 4.27. The van der Waals surface area contributed by atoms with Crippen LogP contribution in [0.25, 0.3) is 44.1 Å². The molecule has 0 bridgehead atoms. The highest BCUT2D eigenvalue weighted by molar-refractivity contribution is 6.04. The molecule has 0 aliphatic heterocycles. The SMILES string of the molecule is c1ccc2cc3c(-c4nc5ccccc5o4)cccc3cc2c1. The standard InChI is InChI=1S/C21H13NO/c1-2-7-15-13-18-16(12-14(15)6-1)8-5-9-17(18)21-22-19-10-3-4-11-20(19)23-21/h1-13H. The lowest BCUT2D eigenvalue weighted by atomic mass is 10.00. The molecule has 5 aromatic rings. The number of benzene rings is 4. The van der Waals surface area contributed by atoms with Gasteiger partial charge in [-0.15, -0.1) is 0 Å². The Hall–Kier alpha value is -3.13. The van der Waals surface area contributed by atoms with Gasteiger partial charge in [-0.2, -0.15) is 0 Å². The van der Waals surface area contributed by atoms with Gasteiger partial charge in [0.2, 0.25) is 5.89 Å². The molecule has 0 aliphatic carbocycles. The van der Waals surface area contributed by atoms with Gasteiger partial charge in [-0.3, -0.25) is 0 Å². The molecule has 0 unspecified atom stereocenters. The fraction of sp³-hybridized carbons (Fsp3) is 0. The molecular weight excluding hydrogens is 282 g/mol. The number of fused-ring (bicyclic) bond motifs is 3. The molecule has 1 aromatic heterocycles. The van der Waals surface area contributed by atoms with E-state index in [9.17, 15) is 0 Å². The summed E-state index contributed by atoms with van der Waals surface area (Å²) in [6.45, 7) is 0. The first-order valence-corrected chi connectivity index (χ1v) is 7.66. The smallest absolute Gasteiger partial charge is 0.227 e. The molecule has 1 heterocycles. The molecule has 0 saturated carbocycles. The summed E-state index contributed by atoms with van der Waals surface area (Å²) in [6, 6.07) is 27.0. The fourth-order valence-electron chi connectivity index (χ4n) is 3.14. The van der Waals surface area contributed by atoms with E-state index in [0.29, 0.717) is 5.89 Å². The van der Waals surface area contributed by atoms with Crippen LogP contribution in [0.2, 0.25) is 0 Å². The Kier molecular flexibility index (Phi) is 2.53. The van der Waals surface area contributed by atoms with Crippen LogP contribution < -0.4 is 0 Å². The molecule has 0 aliphatic rings. The van der Waals surface area contributed by atoms with E-state index in [1.165, 1.54) is 16.2 Å². The Labute approximate surface area is 133 Å². The number of nitrogens with zero attached hydrogens (tertiary/aromatic N) is 1. The van der Waals surface area contributed by atoms with Gasteiger partial charge in [0.05, 0.1) is 0 Å². The summed E-state index contributed by atoms with van der Waals surface area (Å²) in [4.78, 5) is 4.65. The summed E-state index contributed by atoms with van der Waals surface area (Å²) in [5.74, 6) is 0.673. The van der Waals surface area contributed by atoms with Crippen LogP contribution in [0.15, 0.2) is 83.3 Å². The summed E-state index contributed by atoms with van der Waals surface area (Å²) in [6.07, 6.45) is 0. The summed E-state index contributed by atoms with van der Waals surface area (Å²) in [5.41, 5.74) is 2.74. The Morgan fingerprint density at radius 3 is 2.26 bits per heavy atom. The third-order valence-corrected chi connectivity index (χ3v) is 4.27. The van der Waals surface area contributed by atoms with E-state index in [0.717, 1.165) is 22.0 Å². The van der Waals surface area contributed by atoms with Crippen LogP contribution in [0.4, 0.5) is 0 Å². The first-order valence-electron chi connectivity index (χ1n) is 7.66. The monoisotopic (exact) mass is 295 g/mol. The van der Waals surface area contributed by atoms with Gasteiger partial charge >= 0.3 is 0 Å². The second-order valence-electron chi connectivity index (χ2n) is 5.71. The number of oxazole rings is 1. The summed E-state index contributed by atoms with van der Waals surface area (Å²) >= 11 is 0. The van der Waals surface area contributed by atoms with E-state index in [4.69, 9.17) is 4.42 Å². The van der Waals surface area contributed by atoms with E-state index < -0.39 is 0 Å². The van der Waals surface area contributed by atoms with Crippen LogP contribution in [-0.2, 0) is 0 Å². The van der Waals surface area contributed by atoms with Crippen molar-refractivity contribution in [1.82, 2.24) is 4.98 Å². The van der Waals surface area contributed by atoms with Crippen LogP contribution in [0.1, 0.15) is 0 Å². The molecule has 0 saturated heterocycles. The molecule has 0 fully saturated rings. The zero-order chi connectivity index (χ0) is 15.2. The normalized spacial score (nSPS) is 11.5. The van der Waals surface area contributed by atoms with Crippen LogP contribution in [0, 0.1) is 0 Å². The molecule has 23 heavy (non-hydrogen) atoms. The summed E-state index contributed by atoms with van der Waals surface area (Å²) in [7, 11) is 0. The molecular formula is C21H13NO. The zero-order valence-corrected chi connectivity index (χ0v) is 12.4. The maximum atomic E-state index is 5.96. The molecule has 5 rings (SSSR count). The molecule has 108 valence electrons. The minimum atomic E-state index is 0.673. The van der Waals surface area contributed by atoms with Crippen molar-refractivity contribution >= 4 is 32.6 Å². The van der Waals surface area contributed by atoms with Gasteiger partial charge in [-0.25, -0.2) is 4.98 Å². The van der Waals surface area contributed by atoms with Gasteiger partial charge in [0.15, 0.2) is 5.58 Å². The Balaban J connectivity index is 1.84. The van der Waals surface area contributed by atoms with E-state index in [-0.39, 0.29) is 0 Å². The van der Waals surface area contributed by atoms with Gasteiger partial charge in [0, 0.05) is 5.56 Å². The lowest BCUT2D eigenvalue weighted by molar-refractivity contribution is 0.620. The van der Waals surface area contributed by atoms with E-state index >= 15 is 0 Å². The van der Waals surface area contributed by atoms with Crippen LogP contribution in [0.5, 0.6) is 0 Å².